The highest BCUT2D eigenvalue weighted by atomic mass is 35.5. The highest BCUT2D eigenvalue weighted by Gasteiger charge is 2.09. The molecule has 0 saturated carbocycles. The molecule has 10 heteroatoms. The SMILES string of the molecule is CC(=O)Oc1ccc(NCc2cnc3nc(N)nc(N)c3n2)cc1Cl. The Labute approximate surface area is 147 Å². The summed E-state index contributed by atoms with van der Waals surface area (Å²) >= 11 is 6.08. The van der Waals surface area contributed by atoms with E-state index in [9.17, 15) is 4.79 Å². The number of nitrogen functional groups attached to an aromatic ring is 2. The van der Waals surface area contributed by atoms with Gasteiger partial charge in [-0.25, -0.2) is 9.97 Å². The van der Waals surface area contributed by atoms with Crippen molar-refractivity contribution in [3.63, 3.8) is 0 Å². The number of nitrogens with one attached hydrogen (secondary N) is 1. The van der Waals surface area contributed by atoms with Gasteiger partial charge in [0.1, 0.15) is 5.75 Å². The Kier molecular flexibility index (Phi) is 4.48. The summed E-state index contributed by atoms with van der Waals surface area (Å²) in [6.07, 6.45) is 1.57. The van der Waals surface area contributed by atoms with Crippen molar-refractivity contribution in [1.29, 1.82) is 0 Å². The molecular weight excluding hydrogens is 346 g/mol. The molecule has 0 unspecified atom stereocenters. The van der Waals surface area contributed by atoms with Crippen LogP contribution in [-0.4, -0.2) is 25.9 Å². The summed E-state index contributed by atoms with van der Waals surface area (Å²) in [6.45, 7) is 1.68. The molecule has 0 bridgehead atoms. The Morgan fingerprint density at radius 2 is 2.08 bits per heavy atom. The quantitative estimate of drug-likeness (QED) is 0.469. The third kappa shape index (κ3) is 3.83. The maximum absolute atomic E-state index is 11.0. The molecule has 2 aromatic heterocycles. The lowest BCUT2D eigenvalue weighted by Gasteiger charge is -2.09. The van der Waals surface area contributed by atoms with E-state index < -0.39 is 5.97 Å². The highest BCUT2D eigenvalue weighted by Crippen LogP contribution is 2.28. The molecule has 0 radical (unpaired) electrons. The van der Waals surface area contributed by atoms with Gasteiger partial charge in [0.2, 0.25) is 5.95 Å². The number of ether oxygens (including phenoxy) is 1. The van der Waals surface area contributed by atoms with Crippen LogP contribution in [0.2, 0.25) is 5.02 Å². The summed E-state index contributed by atoms with van der Waals surface area (Å²) in [5, 5.41) is 3.46. The molecule has 0 atom stereocenters. The van der Waals surface area contributed by atoms with E-state index in [1.807, 2.05) is 0 Å². The summed E-state index contributed by atoms with van der Waals surface area (Å²) < 4.78 is 4.97. The summed E-state index contributed by atoms with van der Waals surface area (Å²) in [7, 11) is 0. The normalized spacial score (nSPS) is 10.6. The van der Waals surface area contributed by atoms with Gasteiger partial charge in [-0.15, -0.1) is 0 Å². The summed E-state index contributed by atoms with van der Waals surface area (Å²) in [6, 6.07) is 4.98. The van der Waals surface area contributed by atoms with Gasteiger partial charge >= 0.3 is 5.97 Å². The van der Waals surface area contributed by atoms with Crippen LogP contribution in [0.3, 0.4) is 0 Å². The summed E-state index contributed by atoms with van der Waals surface area (Å²) in [5.41, 5.74) is 13.4. The van der Waals surface area contributed by atoms with Gasteiger partial charge in [-0.1, -0.05) is 11.6 Å². The Morgan fingerprint density at radius 1 is 1.28 bits per heavy atom. The first-order valence-corrected chi connectivity index (χ1v) is 7.56. The van der Waals surface area contributed by atoms with E-state index in [4.69, 9.17) is 27.8 Å². The second-order valence-electron chi connectivity index (χ2n) is 5.09. The van der Waals surface area contributed by atoms with E-state index in [1.54, 1.807) is 24.4 Å². The van der Waals surface area contributed by atoms with Crippen LogP contribution in [0.1, 0.15) is 12.6 Å². The number of carbonyl (C=O) groups is 1. The Bertz CT molecular complexity index is 964. The number of hydrogen-bond acceptors (Lipinski definition) is 9. The minimum atomic E-state index is -0.436. The molecular formula is C15H14ClN7O2. The van der Waals surface area contributed by atoms with Crippen molar-refractivity contribution in [1.82, 2.24) is 19.9 Å². The Morgan fingerprint density at radius 3 is 2.80 bits per heavy atom. The van der Waals surface area contributed by atoms with Crippen LogP contribution in [0.4, 0.5) is 17.5 Å². The van der Waals surface area contributed by atoms with Gasteiger partial charge in [-0.3, -0.25) is 4.79 Å². The lowest BCUT2D eigenvalue weighted by Crippen LogP contribution is -2.07. The maximum Gasteiger partial charge on any atom is 0.308 e. The van der Waals surface area contributed by atoms with E-state index in [-0.39, 0.29) is 11.8 Å². The van der Waals surface area contributed by atoms with Gasteiger partial charge in [0.25, 0.3) is 0 Å². The number of aromatic nitrogens is 4. The zero-order valence-corrected chi connectivity index (χ0v) is 13.9. The number of nitrogens with two attached hydrogens (primary N) is 2. The lowest BCUT2D eigenvalue weighted by atomic mass is 10.3. The van der Waals surface area contributed by atoms with Crippen molar-refractivity contribution in [2.24, 2.45) is 0 Å². The fraction of sp³-hybridized carbons (Fsp3) is 0.133. The van der Waals surface area contributed by atoms with Gasteiger partial charge in [0.15, 0.2) is 17.0 Å². The van der Waals surface area contributed by atoms with Crippen molar-refractivity contribution in [3.8, 4) is 5.75 Å². The number of esters is 1. The van der Waals surface area contributed by atoms with E-state index in [1.165, 1.54) is 6.92 Å². The standard InChI is InChI=1S/C15H14ClN7O2/c1-7(24)25-11-3-2-8(4-10(11)16)19-5-9-6-20-14-12(21-9)13(17)22-15(18)23-14/h2-4,6,19H,5H2,1H3,(H4,17,18,20,22,23). The number of anilines is 3. The van der Waals surface area contributed by atoms with E-state index in [0.717, 1.165) is 5.69 Å². The zero-order valence-electron chi connectivity index (χ0n) is 13.2. The maximum atomic E-state index is 11.0. The predicted octanol–water partition coefficient (Wildman–Crippen LogP) is 1.77. The van der Waals surface area contributed by atoms with Crippen LogP contribution in [0.25, 0.3) is 11.2 Å². The largest absolute Gasteiger partial charge is 0.425 e. The fourth-order valence-electron chi connectivity index (χ4n) is 2.11. The molecule has 3 rings (SSSR count). The molecule has 0 spiro atoms. The summed E-state index contributed by atoms with van der Waals surface area (Å²) in [5.74, 6) is 0.0838. The summed E-state index contributed by atoms with van der Waals surface area (Å²) in [4.78, 5) is 27.4. The number of carbonyl (C=O) groups excluding carboxylic acids is 1. The topological polar surface area (TPSA) is 142 Å². The molecule has 0 fully saturated rings. The van der Waals surface area contributed by atoms with E-state index >= 15 is 0 Å². The fourth-order valence-corrected chi connectivity index (χ4v) is 2.33. The molecule has 0 saturated heterocycles. The first-order valence-electron chi connectivity index (χ1n) is 7.19. The average molecular weight is 360 g/mol. The molecule has 128 valence electrons. The third-order valence-electron chi connectivity index (χ3n) is 3.16. The predicted molar refractivity (Wildman–Crippen MR) is 94.0 cm³/mol. The van der Waals surface area contributed by atoms with Gasteiger partial charge < -0.3 is 21.5 Å². The molecule has 25 heavy (non-hydrogen) atoms. The van der Waals surface area contributed by atoms with Crippen molar-refractivity contribution in [2.75, 3.05) is 16.8 Å². The van der Waals surface area contributed by atoms with Crippen LogP contribution in [-0.2, 0) is 11.3 Å². The van der Waals surface area contributed by atoms with Crippen molar-refractivity contribution in [2.45, 2.75) is 13.5 Å². The Hall–Kier alpha value is -3.20. The first kappa shape index (κ1) is 16.7. The number of rotatable bonds is 4. The van der Waals surface area contributed by atoms with Crippen LogP contribution < -0.4 is 21.5 Å². The Balaban J connectivity index is 1.76. The smallest absolute Gasteiger partial charge is 0.308 e. The number of nitrogens with zero attached hydrogens (tertiary/aromatic N) is 4. The highest BCUT2D eigenvalue weighted by molar-refractivity contribution is 6.32. The second-order valence-corrected chi connectivity index (χ2v) is 5.50. The molecule has 0 amide bonds. The third-order valence-corrected chi connectivity index (χ3v) is 3.46. The molecule has 2 heterocycles. The molecule has 5 N–H and O–H groups in total. The number of hydrogen-bond donors (Lipinski definition) is 3. The second kappa shape index (κ2) is 6.73. The van der Waals surface area contributed by atoms with Crippen molar-refractivity contribution < 1.29 is 9.53 Å². The molecule has 0 aliphatic carbocycles. The lowest BCUT2D eigenvalue weighted by molar-refractivity contribution is -0.131. The van der Waals surface area contributed by atoms with E-state index in [2.05, 4.69) is 25.3 Å². The van der Waals surface area contributed by atoms with Gasteiger partial charge in [-0.2, -0.15) is 9.97 Å². The van der Waals surface area contributed by atoms with Gasteiger partial charge in [-0.05, 0) is 18.2 Å². The van der Waals surface area contributed by atoms with Crippen molar-refractivity contribution in [3.05, 3.63) is 35.1 Å². The van der Waals surface area contributed by atoms with Crippen LogP contribution in [0, 0.1) is 0 Å². The van der Waals surface area contributed by atoms with E-state index in [0.29, 0.717) is 34.2 Å². The minimum Gasteiger partial charge on any atom is -0.425 e. The average Bonchev–Trinajstić information content (AvgIpc) is 2.55. The van der Waals surface area contributed by atoms with Crippen molar-refractivity contribution >= 4 is 46.2 Å². The van der Waals surface area contributed by atoms with Crippen LogP contribution in [0.5, 0.6) is 5.75 Å². The minimum absolute atomic E-state index is 0.0488. The number of benzene rings is 1. The number of fused-ring (bicyclic) bond motifs is 1. The van der Waals surface area contributed by atoms with Crippen LogP contribution in [0.15, 0.2) is 24.4 Å². The zero-order chi connectivity index (χ0) is 18.0. The van der Waals surface area contributed by atoms with Crippen LogP contribution >= 0.6 is 11.6 Å². The van der Waals surface area contributed by atoms with Gasteiger partial charge in [0.05, 0.1) is 23.5 Å². The molecule has 3 aromatic rings. The van der Waals surface area contributed by atoms with Gasteiger partial charge in [0, 0.05) is 12.6 Å². The molecule has 0 aliphatic heterocycles. The monoisotopic (exact) mass is 359 g/mol. The molecule has 1 aromatic carbocycles. The molecule has 9 nitrogen and oxygen atoms in total. The molecule has 0 aliphatic rings. The first-order chi connectivity index (χ1) is 11.9. The number of halogens is 1.